The van der Waals surface area contributed by atoms with Crippen molar-refractivity contribution in [1.82, 2.24) is 15.5 Å². The number of hydrogen-bond acceptors (Lipinski definition) is 8. The third-order valence-corrected chi connectivity index (χ3v) is 8.12. The fourth-order valence-corrected chi connectivity index (χ4v) is 6.07. The highest BCUT2D eigenvalue weighted by Crippen LogP contribution is 2.31. The van der Waals surface area contributed by atoms with E-state index in [9.17, 15) is 14.4 Å². The van der Waals surface area contributed by atoms with E-state index >= 15 is 0 Å². The lowest BCUT2D eigenvalue weighted by molar-refractivity contribution is -0.154. The van der Waals surface area contributed by atoms with Crippen molar-refractivity contribution in [2.75, 3.05) is 13.1 Å². The van der Waals surface area contributed by atoms with Crippen LogP contribution in [0.4, 0.5) is 0 Å². The summed E-state index contributed by atoms with van der Waals surface area (Å²) in [7, 11) is 0. The maximum atomic E-state index is 14.4. The van der Waals surface area contributed by atoms with E-state index in [1.807, 2.05) is 66.0 Å². The Balaban J connectivity index is 1.58. The molecule has 2 atom stereocenters. The van der Waals surface area contributed by atoms with Crippen LogP contribution in [0.15, 0.2) is 77.3 Å². The van der Waals surface area contributed by atoms with Gasteiger partial charge in [0.1, 0.15) is 11.6 Å². The van der Waals surface area contributed by atoms with Crippen molar-refractivity contribution in [1.29, 1.82) is 0 Å². The number of ether oxygens (including phenoxy) is 1. The van der Waals surface area contributed by atoms with Gasteiger partial charge in [0, 0.05) is 19.0 Å². The van der Waals surface area contributed by atoms with E-state index in [1.165, 1.54) is 11.3 Å². The molecule has 3 aromatic rings. The second-order valence-electron chi connectivity index (χ2n) is 11.5. The molecule has 0 radical (unpaired) electrons. The highest BCUT2D eigenvalue weighted by atomic mass is 32.1. The van der Waals surface area contributed by atoms with Gasteiger partial charge in [0.05, 0.1) is 17.5 Å². The Kier molecular flexibility index (Phi) is 10.5. The SMILES string of the molecule is CC(C)(C)OC(=O)CN[C@@H](C(=O)N1CCC[C@H]1C(=O)NCc1csc(/C(N)=N\O)c1)C(c1ccccc1)c1ccccc1. The number of nitrogens with zero attached hydrogens (tertiary/aromatic N) is 2. The van der Waals surface area contributed by atoms with Crippen molar-refractivity contribution >= 4 is 35.0 Å². The molecule has 0 saturated carbocycles. The van der Waals surface area contributed by atoms with Crippen molar-refractivity contribution in [3.05, 3.63) is 93.7 Å². The van der Waals surface area contributed by atoms with E-state index in [0.29, 0.717) is 24.3 Å². The molecule has 1 saturated heterocycles. The van der Waals surface area contributed by atoms with Crippen LogP contribution in [0.5, 0.6) is 0 Å². The molecule has 4 rings (SSSR count). The van der Waals surface area contributed by atoms with Crippen LogP contribution in [0.2, 0.25) is 0 Å². The third kappa shape index (κ3) is 8.42. The first-order chi connectivity index (χ1) is 20.6. The number of oxime groups is 1. The molecule has 0 bridgehead atoms. The predicted molar refractivity (Wildman–Crippen MR) is 166 cm³/mol. The van der Waals surface area contributed by atoms with Crippen molar-refractivity contribution < 1.29 is 24.3 Å². The molecule has 2 aromatic carbocycles. The van der Waals surface area contributed by atoms with E-state index in [4.69, 9.17) is 15.7 Å². The van der Waals surface area contributed by atoms with Gasteiger partial charge in [0.15, 0.2) is 5.84 Å². The largest absolute Gasteiger partial charge is 0.459 e. The molecule has 43 heavy (non-hydrogen) atoms. The minimum atomic E-state index is -0.842. The Hall–Kier alpha value is -4.22. The lowest BCUT2D eigenvalue weighted by Gasteiger charge is -2.34. The zero-order valence-electron chi connectivity index (χ0n) is 24.7. The van der Waals surface area contributed by atoms with Gasteiger partial charge in [-0.25, -0.2) is 0 Å². The van der Waals surface area contributed by atoms with Crippen LogP contribution >= 0.6 is 11.3 Å². The molecule has 1 fully saturated rings. The number of amides is 2. The maximum absolute atomic E-state index is 14.4. The molecule has 5 N–H and O–H groups in total. The van der Waals surface area contributed by atoms with Crippen LogP contribution in [-0.4, -0.2) is 64.5 Å². The van der Waals surface area contributed by atoms with Crippen molar-refractivity contribution in [2.24, 2.45) is 10.9 Å². The quantitative estimate of drug-likeness (QED) is 0.0859. The van der Waals surface area contributed by atoms with Gasteiger partial charge in [-0.3, -0.25) is 19.7 Å². The van der Waals surface area contributed by atoms with E-state index in [-0.39, 0.29) is 30.7 Å². The van der Waals surface area contributed by atoms with Gasteiger partial charge in [-0.2, -0.15) is 0 Å². The standard InChI is InChI=1S/C32H39N5O5S/c1-32(2,3)42-26(38)19-34-28(27(22-11-6-4-7-12-22)23-13-8-5-9-14-23)31(40)37-16-10-15-24(37)30(39)35-18-21-17-25(43-20-21)29(33)36-41/h4-9,11-14,17,20,24,27-28,34,41H,10,15-16,18-19H2,1-3H3,(H2,33,36)(H,35,39)/t24-,28+/m0/s1. The van der Waals surface area contributed by atoms with Gasteiger partial charge >= 0.3 is 5.97 Å². The molecule has 10 nitrogen and oxygen atoms in total. The Bertz CT molecular complexity index is 1380. The number of carbonyl (C=O) groups is 3. The number of benzene rings is 2. The number of thiophene rings is 1. The first-order valence-electron chi connectivity index (χ1n) is 14.3. The normalized spacial score (nSPS) is 16.2. The van der Waals surface area contributed by atoms with Crippen molar-refractivity contribution in [3.63, 3.8) is 0 Å². The maximum Gasteiger partial charge on any atom is 0.320 e. The summed E-state index contributed by atoms with van der Waals surface area (Å²) in [6.07, 6.45) is 1.20. The number of hydrogen-bond donors (Lipinski definition) is 4. The second kappa shape index (κ2) is 14.3. The molecule has 0 spiro atoms. The molecule has 2 heterocycles. The first-order valence-corrected chi connectivity index (χ1v) is 15.1. The Morgan fingerprint density at radius 3 is 2.30 bits per heavy atom. The summed E-state index contributed by atoms with van der Waals surface area (Å²) in [5.41, 5.74) is 7.61. The average Bonchev–Trinajstić information content (AvgIpc) is 3.68. The summed E-state index contributed by atoms with van der Waals surface area (Å²) in [5.74, 6) is -1.41. The number of nitrogens with one attached hydrogen (secondary N) is 2. The van der Waals surface area contributed by atoms with Gasteiger partial charge in [-0.05, 0) is 61.7 Å². The molecule has 1 aliphatic rings. The summed E-state index contributed by atoms with van der Waals surface area (Å²) >= 11 is 1.31. The third-order valence-electron chi connectivity index (χ3n) is 7.12. The zero-order chi connectivity index (χ0) is 31.0. The fourth-order valence-electron chi connectivity index (χ4n) is 5.26. The molecule has 0 aliphatic carbocycles. The summed E-state index contributed by atoms with van der Waals surface area (Å²) in [6.45, 7) is 5.88. The highest BCUT2D eigenvalue weighted by molar-refractivity contribution is 7.12. The number of carbonyl (C=O) groups excluding carboxylic acids is 3. The zero-order valence-corrected chi connectivity index (χ0v) is 25.5. The summed E-state index contributed by atoms with van der Waals surface area (Å²) in [4.78, 5) is 42.8. The van der Waals surface area contributed by atoms with Gasteiger partial charge in [0.25, 0.3) is 0 Å². The van der Waals surface area contributed by atoms with Crippen molar-refractivity contribution in [3.8, 4) is 0 Å². The molecular formula is C32H39N5O5S. The minimum Gasteiger partial charge on any atom is -0.459 e. The fraction of sp³-hybridized carbons (Fsp3) is 0.375. The highest BCUT2D eigenvalue weighted by Gasteiger charge is 2.41. The Morgan fingerprint density at radius 1 is 1.09 bits per heavy atom. The number of amidine groups is 1. The van der Waals surface area contributed by atoms with Crippen molar-refractivity contribution in [2.45, 2.75) is 63.8 Å². The molecule has 11 heteroatoms. The number of nitrogens with two attached hydrogens (primary N) is 1. The van der Waals surface area contributed by atoms with E-state index in [2.05, 4.69) is 15.8 Å². The summed E-state index contributed by atoms with van der Waals surface area (Å²) in [6, 6.07) is 19.6. The smallest absolute Gasteiger partial charge is 0.320 e. The minimum absolute atomic E-state index is 0.00597. The van der Waals surface area contributed by atoms with Crippen LogP contribution < -0.4 is 16.4 Å². The monoisotopic (exact) mass is 605 g/mol. The Morgan fingerprint density at radius 2 is 1.72 bits per heavy atom. The average molecular weight is 606 g/mol. The van der Waals surface area contributed by atoms with Gasteiger partial charge in [0.2, 0.25) is 11.8 Å². The van der Waals surface area contributed by atoms with Gasteiger partial charge in [-0.15, -0.1) is 11.3 Å². The number of rotatable bonds is 11. The van der Waals surface area contributed by atoms with E-state index < -0.39 is 29.6 Å². The number of likely N-dealkylation sites (tertiary alicyclic amines) is 1. The second-order valence-corrected chi connectivity index (χ2v) is 12.4. The van der Waals surface area contributed by atoms with Crippen LogP contribution in [0.1, 0.15) is 61.1 Å². The first kappa shape index (κ1) is 31.7. The topological polar surface area (TPSA) is 146 Å². The van der Waals surface area contributed by atoms with E-state index in [0.717, 1.165) is 16.7 Å². The van der Waals surface area contributed by atoms with Gasteiger partial charge < -0.3 is 25.9 Å². The number of esters is 1. The van der Waals surface area contributed by atoms with Crippen LogP contribution in [0, 0.1) is 0 Å². The predicted octanol–water partition coefficient (Wildman–Crippen LogP) is 3.58. The molecule has 2 amide bonds. The lowest BCUT2D eigenvalue weighted by atomic mass is 9.84. The molecule has 0 unspecified atom stereocenters. The van der Waals surface area contributed by atoms with Gasteiger partial charge in [-0.1, -0.05) is 65.8 Å². The molecular weight excluding hydrogens is 566 g/mol. The summed E-state index contributed by atoms with van der Waals surface area (Å²) in [5, 5.41) is 19.9. The summed E-state index contributed by atoms with van der Waals surface area (Å²) < 4.78 is 5.52. The Labute approximate surface area is 255 Å². The molecule has 228 valence electrons. The van der Waals surface area contributed by atoms with Crippen LogP contribution in [0.25, 0.3) is 0 Å². The van der Waals surface area contributed by atoms with Crippen LogP contribution in [0.3, 0.4) is 0 Å². The molecule has 1 aliphatic heterocycles. The van der Waals surface area contributed by atoms with E-state index in [1.54, 1.807) is 31.7 Å². The van der Waals surface area contributed by atoms with Crippen LogP contribution in [-0.2, 0) is 25.7 Å². The lowest BCUT2D eigenvalue weighted by Crippen LogP contribution is -2.55. The molecule has 1 aromatic heterocycles.